The summed E-state index contributed by atoms with van der Waals surface area (Å²) in [7, 11) is 0. The average Bonchev–Trinajstić information content (AvgIpc) is 2.85. The summed E-state index contributed by atoms with van der Waals surface area (Å²) in [5.41, 5.74) is 0.366. The molecule has 2 aromatic heterocycles. The Morgan fingerprint density at radius 3 is 2.79 bits per heavy atom. The monoisotopic (exact) mass is 280 g/mol. The molecule has 2 rings (SSSR count). The zero-order valence-corrected chi connectivity index (χ0v) is 10.3. The third-order valence-corrected chi connectivity index (χ3v) is 2.49. The first kappa shape index (κ1) is 13.1. The van der Waals surface area contributed by atoms with Gasteiger partial charge in [0, 0.05) is 11.8 Å². The van der Waals surface area contributed by atoms with E-state index in [0.717, 1.165) is 0 Å². The van der Waals surface area contributed by atoms with Crippen LogP contribution in [0.15, 0.2) is 34.9 Å². The normalized spacial score (nSPS) is 10.2. The van der Waals surface area contributed by atoms with Crippen molar-refractivity contribution in [3.8, 4) is 0 Å². The SMILES string of the molecule is O=C(NCc1ccc(C(=O)O)o1)c1ccnc(Cl)c1. The summed E-state index contributed by atoms with van der Waals surface area (Å²) in [4.78, 5) is 26.1. The Balaban J connectivity index is 1.98. The van der Waals surface area contributed by atoms with E-state index in [1.807, 2.05) is 0 Å². The maximum Gasteiger partial charge on any atom is 0.371 e. The Bertz CT molecular complexity index is 624. The fourth-order valence-corrected chi connectivity index (χ4v) is 1.57. The molecule has 0 spiro atoms. The Hall–Kier alpha value is -2.34. The number of rotatable bonds is 4. The van der Waals surface area contributed by atoms with Gasteiger partial charge in [0.1, 0.15) is 10.9 Å². The van der Waals surface area contributed by atoms with E-state index in [4.69, 9.17) is 21.1 Å². The van der Waals surface area contributed by atoms with Gasteiger partial charge in [0.2, 0.25) is 5.76 Å². The summed E-state index contributed by atoms with van der Waals surface area (Å²) in [6, 6.07) is 5.77. The predicted molar refractivity (Wildman–Crippen MR) is 66.1 cm³/mol. The number of furan rings is 1. The smallest absolute Gasteiger partial charge is 0.371 e. The highest BCUT2D eigenvalue weighted by molar-refractivity contribution is 6.29. The molecular weight excluding hydrogens is 272 g/mol. The zero-order valence-electron chi connectivity index (χ0n) is 9.59. The van der Waals surface area contributed by atoms with E-state index < -0.39 is 5.97 Å². The van der Waals surface area contributed by atoms with Crippen LogP contribution in [0.4, 0.5) is 0 Å². The van der Waals surface area contributed by atoms with Crippen LogP contribution < -0.4 is 5.32 Å². The van der Waals surface area contributed by atoms with Gasteiger partial charge in [0.15, 0.2) is 0 Å². The van der Waals surface area contributed by atoms with Crippen LogP contribution in [0.1, 0.15) is 26.7 Å². The lowest BCUT2D eigenvalue weighted by atomic mass is 10.2. The number of hydrogen-bond acceptors (Lipinski definition) is 4. The van der Waals surface area contributed by atoms with Crippen LogP contribution in [0, 0.1) is 0 Å². The first-order valence-corrected chi connectivity index (χ1v) is 5.66. The molecule has 0 radical (unpaired) electrons. The van der Waals surface area contributed by atoms with Crippen molar-refractivity contribution in [3.63, 3.8) is 0 Å². The number of carbonyl (C=O) groups is 2. The van der Waals surface area contributed by atoms with Crippen LogP contribution in [0.25, 0.3) is 0 Å². The van der Waals surface area contributed by atoms with Crippen LogP contribution in [-0.2, 0) is 6.54 Å². The van der Waals surface area contributed by atoms with Crippen molar-refractivity contribution in [3.05, 3.63) is 52.7 Å². The minimum Gasteiger partial charge on any atom is -0.475 e. The van der Waals surface area contributed by atoms with E-state index in [-0.39, 0.29) is 23.4 Å². The highest BCUT2D eigenvalue weighted by Crippen LogP contribution is 2.09. The molecule has 98 valence electrons. The predicted octanol–water partition coefficient (Wildman–Crippen LogP) is 1.96. The van der Waals surface area contributed by atoms with E-state index in [1.54, 1.807) is 0 Å². The molecule has 0 bridgehead atoms. The fraction of sp³-hybridized carbons (Fsp3) is 0.0833. The topological polar surface area (TPSA) is 92.4 Å². The number of amides is 1. The second kappa shape index (κ2) is 5.53. The van der Waals surface area contributed by atoms with Gasteiger partial charge in [-0.2, -0.15) is 0 Å². The molecule has 0 atom stereocenters. The molecule has 0 aliphatic heterocycles. The number of carboxylic acid groups (broad SMARTS) is 1. The first-order chi connectivity index (χ1) is 9.06. The van der Waals surface area contributed by atoms with Crippen molar-refractivity contribution in [1.29, 1.82) is 0 Å². The molecule has 19 heavy (non-hydrogen) atoms. The van der Waals surface area contributed by atoms with Gasteiger partial charge >= 0.3 is 5.97 Å². The standard InChI is InChI=1S/C12H9ClN2O4/c13-10-5-7(3-4-14-10)11(16)15-6-8-1-2-9(19-8)12(17)18/h1-5H,6H2,(H,15,16)(H,17,18). The van der Waals surface area contributed by atoms with Crippen molar-refractivity contribution in [1.82, 2.24) is 10.3 Å². The van der Waals surface area contributed by atoms with Crippen molar-refractivity contribution in [2.45, 2.75) is 6.54 Å². The number of pyridine rings is 1. The minimum absolute atomic E-state index is 0.0893. The first-order valence-electron chi connectivity index (χ1n) is 5.28. The molecular formula is C12H9ClN2O4. The van der Waals surface area contributed by atoms with Gasteiger partial charge in [-0.05, 0) is 24.3 Å². The van der Waals surface area contributed by atoms with Crippen molar-refractivity contribution in [2.24, 2.45) is 0 Å². The molecule has 2 aromatic rings. The fourth-order valence-electron chi connectivity index (χ4n) is 1.40. The summed E-state index contributed by atoms with van der Waals surface area (Å²) in [6.07, 6.45) is 1.42. The van der Waals surface area contributed by atoms with E-state index in [0.29, 0.717) is 11.3 Å². The summed E-state index contributed by atoms with van der Waals surface area (Å²) < 4.78 is 5.00. The van der Waals surface area contributed by atoms with E-state index in [2.05, 4.69) is 10.3 Å². The summed E-state index contributed by atoms with van der Waals surface area (Å²) in [6.45, 7) is 0.0893. The highest BCUT2D eigenvalue weighted by atomic mass is 35.5. The van der Waals surface area contributed by atoms with Gasteiger partial charge in [0.05, 0.1) is 6.54 Å². The Morgan fingerprint density at radius 2 is 2.16 bits per heavy atom. The third-order valence-electron chi connectivity index (χ3n) is 2.28. The number of nitrogens with zero attached hydrogens (tertiary/aromatic N) is 1. The Kier molecular flexibility index (Phi) is 3.82. The number of nitrogens with one attached hydrogen (secondary N) is 1. The van der Waals surface area contributed by atoms with Gasteiger partial charge in [-0.3, -0.25) is 4.79 Å². The number of aromatic nitrogens is 1. The number of halogens is 1. The average molecular weight is 281 g/mol. The zero-order chi connectivity index (χ0) is 13.8. The van der Waals surface area contributed by atoms with Crippen molar-refractivity contribution < 1.29 is 19.1 Å². The maximum atomic E-state index is 11.8. The van der Waals surface area contributed by atoms with E-state index >= 15 is 0 Å². The summed E-state index contributed by atoms with van der Waals surface area (Å²) in [5, 5.41) is 11.5. The van der Waals surface area contributed by atoms with Crippen molar-refractivity contribution in [2.75, 3.05) is 0 Å². The van der Waals surface area contributed by atoms with Crippen LogP contribution in [0.2, 0.25) is 5.15 Å². The summed E-state index contributed by atoms with van der Waals surface area (Å²) in [5.74, 6) is -1.32. The van der Waals surface area contributed by atoms with Crippen LogP contribution in [-0.4, -0.2) is 22.0 Å². The molecule has 2 N–H and O–H groups in total. The molecule has 0 aliphatic rings. The van der Waals surface area contributed by atoms with Crippen LogP contribution >= 0.6 is 11.6 Å². The number of aromatic carboxylic acids is 1. The molecule has 2 heterocycles. The van der Waals surface area contributed by atoms with E-state index in [9.17, 15) is 9.59 Å². The summed E-state index contributed by atoms with van der Waals surface area (Å²) >= 11 is 5.67. The number of carboxylic acids is 1. The Labute approximate surface area is 113 Å². The molecule has 0 saturated carbocycles. The quantitative estimate of drug-likeness (QED) is 0.835. The molecule has 0 fully saturated rings. The van der Waals surface area contributed by atoms with Gasteiger partial charge in [-0.15, -0.1) is 0 Å². The molecule has 6 nitrogen and oxygen atoms in total. The Morgan fingerprint density at radius 1 is 1.37 bits per heavy atom. The second-order valence-electron chi connectivity index (χ2n) is 3.62. The molecule has 0 aromatic carbocycles. The molecule has 0 unspecified atom stereocenters. The van der Waals surface area contributed by atoms with Gasteiger partial charge in [-0.1, -0.05) is 11.6 Å². The maximum absolute atomic E-state index is 11.8. The molecule has 0 saturated heterocycles. The lowest BCUT2D eigenvalue weighted by Crippen LogP contribution is -2.22. The van der Waals surface area contributed by atoms with E-state index in [1.165, 1.54) is 30.5 Å². The van der Waals surface area contributed by atoms with Crippen LogP contribution in [0.5, 0.6) is 0 Å². The molecule has 1 amide bonds. The number of hydrogen-bond donors (Lipinski definition) is 2. The van der Waals surface area contributed by atoms with Crippen LogP contribution in [0.3, 0.4) is 0 Å². The second-order valence-corrected chi connectivity index (χ2v) is 4.01. The lowest BCUT2D eigenvalue weighted by molar-refractivity contribution is 0.0660. The highest BCUT2D eigenvalue weighted by Gasteiger charge is 2.10. The number of carbonyl (C=O) groups excluding carboxylic acids is 1. The third kappa shape index (κ3) is 3.32. The van der Waals surface area contributed by atoms with Gasteiger partial charge in [-0.25, -0.2) is 9.78 Å². The lowest BCUT2D eigenvalue weighted by Gasteiger charge is -2.03. The molecule has 0 aliphatic carbocycles. The van der Waals surface area contributed by atoms with Gasteiger partial charge in [0.25, 0.3) is 5.91 Å². The van der Waals surface area contributed by atoms with Gasteiger partial charge < -0.3 is 14.8 Å². The largest absolute Gasteiger partial charge is 0.475 e. The minimum atomic E-state index is -1.15. The molecule has 7 heteroatoms. The van der Waals surface area contributed by atoms with Crippen molar-refractivity contribution >= 4 is 23.5 Å².